The highest BCUT2D eigenvalue weighted by atomic mass is 19.1. The summed E-state index contributed by atoms with van der Waals surface area (Å²) in [5, 5.41) is 2.79. The summed E-state index contributed by atoms with van der Waals surface area (Å²) in [5.74, 6) is -0.146. The maximum absolute atomic E-state index is 13.0. The SMILES string of the molecule is COc1cc(C(=O)Nc2cccc(OCc3ccc(F)cc3)c2)ccc1OCC(N)=O. The van der Waals surface area contributed by atoms with Crippen molar-refractivity contribution in [3.05, 3.63) is 83.7 Å². The van der Waals surface area contributed by atoms with Crippen molar-refractivity contribution < 1.29 is 28.2 Å². The van der Waals surface area contributed by atoms with Crippen LogP contribution >= 0.6 is 0 Å². The zero-order valence-electron chi connectivity index (χ0n) is 16.8. The fourth-order valence-corrected chi connectivity index (χ4v) is 2.69. The molecule has 0 atom stereocenters. The third kappa shape index (κ3) is 6.20. The van der Waals surface area contributed by atoms with Crippen LogP contribution in [0.1, 0.15) is 15.9 Å². The monoisotopic (exact) mass is 424 g/mol. The van der Waals surface area contributed by atoms with Gasteiger partial charge in [0.2, 0.25) is 0 Å². The molecule has 8 heteroatoms. The van der Waals surface area contributed by atoms with Crippen molar-refractivity contribution in [2.45, 2.75) is 6.61 Å². The molecular formula is C23H21FN2O5. The maximum atomic E-state index is 13.0. The summed E-state index contributed by atoms with van der Waals surface area (Å²) in [4.78, 5) is 23.5. The van der Waals surface area contributed by atoms with E-state index in [-0.39, 0.29) is 24.9 Å². The number of ether oxygens (including phenoxy) is 3. The zero-order valence-corrected chi connectivity index (χ0v) is 16.8. The van der Waals surface area contributed by atoms with Crippen LogP contribution in [0, 0.1) is 5.82 Å². The summed E-state index contributed by atoms with van der Waals surface area (Å²) < 4.78 is 29.2. The van der Waals surface area contributed by atoms with Crippen molar-refractivity contribution in [1.29, 1.82) is 0 Å². The second-order valence-corrected chi connectivity index (χ2v) is 6.52. The number of halogens is 1. The molecule has 0 spiro atoms. The van der Waals surface area contributed by atoms with Crippen molar-refractivity contribution in [3.63, 3.8) is 0 Å². The molecule has 0 saturated heterocycles. The molecule has 0 aliphatic carbocycles. The Morgan fingerprint density at radius 3 is 2.45 bits per heavy atom. The number of nitrogens with one attached hydrogen (secondary N) is 1. The lowest BCUT2D eigenvalue weighted by Gasteiger charge is -2.12. The number of primary amides is 1. The minimum absolute atomic E-state index is 0.266. The molecule has 0 heterocycles. The van der Waals surface area contributed by atoms with E-state index in [0.29, 0.717) is 28.5 Å². The van der Waals surface area contributed by atoms with Gasteiger partial charge in [-0.1, -0.05) is 18.2 Å². The number of nitrogens with two attached hydrogens (primary N) is 1. The van der Waals surface area contributed by atoms with Gasteiger partial charge in [-0.3, -0.25) is 9.59 Å². The molecule has 0 unspecified atom stereocenters. The zero-order chi connectivity index (χ0) is 22.2. The minimum atomic E-state index is -0.620. The maximum Gasteiger partial charge on any atom is 0.255 e. The van der Waals surface area contributed by atoms with E-state index in [0.717, 1.165) is 5.56 Å². The van der Waals surface area contributed by atoms with E-state index in [4.69, 9.17) is 19.9 Å². The smallest absolute Gasteiger partial charge is 0.255 e. The molecule has 3 aromatic carbocycles. The highest BCUT2D eigenvalue weighted by Crippen LogP contribution is 2.28. The van der Waals surface area contributed by atoms with Crippen LogP contribution < -0.4 is 25.3 Å². The first kappa shape index (κ1) is 21.6. The van der Waals surface area contributed by atoms with Crippen LogP contribution in [-0.2, 0) is 11.4 Å². The van der Waals surface area contributed by atoms with E-state index in [9.17, 15) is 14.0 Å². The van der Waals surface area contributed by atoms with E-state index in [1.807, 2.05) is 0 Å². The Labute approximate surface area is 178 Å². The van der Waals surface area contributed by atoms with Gasteiger partial charge >= 0.3 is 0 Å². The molecule has 0 saturated carbocycles. The first-order valence-electron chi connectivity index (χ1n) is 9.32. The van der Waals surface area contributed by atoms with Crippen LogP contribution in [0.15, 0.2) is 66.7 Å². The summed E-state index contributed by atoms with van der Waals surface area (Å²) in [6.07, 6.45) is 0. The van der Waals surface area contributed by atoms with Gasteiger partial charge in [0.1, 0.15) is 18.2 Å². The molecular weight excluding hydrogens is 403 g/mol. The van der Waals surface area contributed by atoms with Crippen LogP contribution in [-0.4, -0.2) is 25.5 Å². The summed E-state index contributed by atoms with van der Waals surface area (Å²) in [6, 6.07) is 17.5. The standard InChI is InChI=1S/C23H21FN2O5/c1-29-21-11-16(7-10-20(21)31-14-22(25)27)23(28)26-18-3-2-4-19(12-18)30-13-15-5-8-17(24)9-6-15/h2-12H,13-14H2,1H3,(H2,25,27)(H,26,28). The predicted octanol–water partition coefficient (Wildman–Crippen LogP) is 3.53. The van der Waals surface area contributed by atoms with Gasteiger partial charge in [0.25, 0.3) is 11.8 Å². The quantitative estimate of drug-likeness (QED) is 0.547. The number of hydrogen-bond acceptors (Lipinski definition) is 5. The van der Waals surface area contributed by atoms with E-state index >= 15 is 0 Å². The fourth-order valence-electron chi connectivity index (χ4n) is 2.69. The molecule has 31 heavy (non-hydrogen) atoms. The van der Waals surface area contributed by atoms with Crippen molar-refractivity contribution in [2.24, 2.45) is 5.73 Å². The van der Waals surface area contributed by atoms with Crippen LogP contribution in [0.25, 0.3) is 0 Å². The van der Waals surface area contributed by atoms with Crippen LogP contribution in [0.4, 0.5) is 10.1 Å². The Morgan fingerprint density at radius 2 is 1.74 bits per heavy atom. The Kier molecular flexibility index (Phi) is 7.05. The third-order valence-electron chi connectivity index (χ3n) is 4.21. The molecule has 0 radical (unpaired) electrons. The average molecular weight is 424 g/mol. The van der Waals surface area contributed by atoms with Crippen molar-refractivity contribution in [1.82, 2.24) is 0 Å². The molecule has 3 aromatic rings. The number of rotatable bonds is 9. The molecule has 3 rings (SSSR count). The number of methoxy groups -OCH3 is 1. The molecule has 0 aliphatic heterocycles. The van der Waals surface area contributed by atoms with E-state index in [1.165, 1.54) is 31.4 Å². The topological polar surface area (TPSA) is 99.9 Å². The Bertz CT molecular complexity index is 1070. The summed E-state index contributed by atoms with van der Waals surface area (Å²) >= 11 is 0. The lowest BCUT2D eigenvalue weighted by molar-refractivity contribution is -0.119. The summed E-state index contributed by atoms with van der Waals surface area (Å²) in [5.41, 5.74) is 6.77. The van der Waals surface area contributed by atoms with Gasteiger partial charge < -0.3 is 25.3 Å². The third-order valence-corrected chi connectivity index (χ3v) is 4.21. The second-order valence-electron chi connectivity index (χ2n) is 6.52. The molecule has 7 nitrogen and oxygen atoms in total. The first-order chi connectivity index (χ1) is 14.9. The Hall–Kier alpha value is -4.07. The molecule has 0 bridgehead atoms. The highest BCUT2D eigenvalue weighted by Gasteiger charge is 2.12. The van der Waals surface area contributed by atoms with Crippen molar-refractivity contribution >= 4 is 17.5 Å². The number of hydrogen-bond donors (Lipinski definition) is 2. The van der Waals surface area contributed by atoms with Gasteiger partial charge in [-0.25, -0.2) is 4.39 Å². The van der Waals surface area contributed by atoms with Gasteiger partial charge in [-0.15, -0.1) is 0 Å². The molecule has 3 N–H and O–H groups in total. The normalized spacial score (nSPS) is 10.3. The number of amides is 2. The van der Waals surface area contributed by atoms with E-state index in [2.05, 4.69) is 5.32 Å². The van der Waals surface area contributed by atoms with Crippen molar-refractivity contribution in [2.75, 3.05) is 19.0 Å². The Balaban J connectivity index is 1.65. The molecule has 2 amide bonds. The Morgan fingerprint density at radius 1 is 0.968 bits per heavy atom. The minimum Gasteiger partial charge on any atom is -0.493 e. The predicted molar refractivity (Wildman–Crippen MR) is 113 cm³/mol. The van der Waals surface area contributed by atoms with Gasteiger partial charge in [-0.2, -0.15) is 0 Å². The van der Waals surface area contributed by atoms with Crippen LogP contribution in [0.2, 0.25) is 0 Å². The lowest BCUT2D eigenvalue weighted by atomic mass is 10.1. The van der Waals surface area contributed by atoms with Crippen LogP contribution in [0.5, 0.6) is 17.2 Å². The number of carbonyl (C=O) groups excluding carboxylic acids is 2. The molecule has 0 aliphatic rings. The second kappa shape index (κ2) is 10.1. The van der Waals surface area contributed by atoms with Crippen LogP contribution in [0.3, 0.4) is 0 Å². The van der Waals surface area contributed by atoms with Gasteiger partial charge in [0, 0.05) is 17.3 Å². The molecule has 0 aromatic heterocycles. The van der Waals surface area contributed by atoms with Crippen molar-refractivity contribution in [3.8, 4) is 17.2 Å². The number of carbonyl (C=O) groups is 2. The largest absolute Gasteiger partial charge is 0.493 e. The lowest BCUT2D eigenvalue weighted by Crippen LogP contribution is -2.20. The average Bonchev–Trinajstić information content (AvgIpc) is 2.77. The van der Waals surface area contributed by atoms with E-state index in [1.54, 1.807) is 42.5 Å². The summed E-state index contributed by atoms with van der Waals surface area (Å²) in [6.45, 7) is -0.0335. The highest BCUT2D eigenvalue weighted by molar-refractivity contribution is 6.04. The number of benzene rings is 3. The number of anilines is 1. The fraction of sp³-hybridized carbons (Fsp3) is 0.130. The van der Waals surface area contributed by atoms with Gasteiger partial charge in [-0.05, 0) is 48.0 Å². The van der Waals surface area contributed by atoms with E-state index < -0.39 is 5.91 Å². The molecule has 0 fully saturated rings. The van der Waals surface area contributed by atoms with Gasteiger partial charge in [0.05, 0.1) is 7.11 Å². The molecule has 160 valence electrons. The first-order valence-corrected chi connectivity index (χ1v) is 9.32. The summed E-state index contributed by atoms with van der Waals surface area (Å²) in [7, 11) is 1.43. The van der Waals surface area contributed by atoms with Gasteiger partial charge in [0.15, 0.2) is 18.1 Å².